The Kier molecular flexibility index (Phi) is 6.83. The summed E-state index contributed by atoms with van der Waals surface area (Å²) in [6.07, 6.45) is 1.76. The number of nitrogens with one attached hydrogen (secondary N) is 1. The second-order valence-electron chi connectivity index (χ2n) is 6.88. The lowest BCUT2D eigenvalue weighted by Crippen LogP contribution is -2.16. The summed E-state index contributed by atoms with van der Waals surface area (Å²) in [5.74, 6) is 1.00. The molecule has 0 bridgehead atoms. The molecule has 2 aromatic carbocycles. The minimum atomic E-state index is -0.458. The predicted molar refractivity (Wildman–Crippen MR) is 125 cm³/mol. The van der Waals surface area contributed by atoms with Crippen LogP contribution in [0.1, 0.15) is 27.4 Å². The predicted octanol–water partition coefficient (Wildman–Crippen LogP) is 6.13. The number of aryl methyl sites for hydroxylation is 1. The third kappa shape index (κ3) is 5.15. The van der Waals surface area contributed by atoms with Crippen molar-refractivity contribution in [3.05, 3.63) is 91.8 Å². The molecule has 10 heteroatoms. The number of carbonyl (C=O) groups excluding carboxylic acids is 1. The van der Waals surface area contributed by atoms with Gasteiger partial charge in [0.1, 0.15) is 18.1 Å². The lowest BCUT2D eigenvalue weighted by molar-refractivity contribution is 0.101. The van der Waals surface area contributed by atoms with Crippen LogP contribution >= 0.6 is 39.1 Å². The summed E-state index contributed by atoms with van der Waals surface area (Å²) >= 11 is 15.6. The van der Waals surface area contributed by atoms with Crippen LogP contribution in [-0.4, -0.2) is 20.8 Å². The van der Waals surface area contributed by atoms with E-state index >= 15 is 0 Å². The Balaban J connectivity index is 1.47. The molecule has 1 N–H and O–H groups in total. The average Bonchev–Trinajstić information content (AvgIpc) is 3.31. The van der Waals surface area contributed by atoms with E-state index in [1.165, 1.54) is 0 Å². The third-order valence-electron chi connectivity index (χ3n) is 4.64. The van der Waals surface area contributed by atoms with Gasteiger partial charge < -0.3 is 14.6 Å². The first-order valence-corrected chi connectivity index (χ1v) is 11.1. The van der Waals surface area contributed by atoms with Crippen molar-refractivity contribution in [3.8, 4) is 5.75 Å². The number of anilines is 1. The molecule has 1 amide bonds. The normalized spacial score (nSPS) is 10.9. The van der Waals surface area contributed by atoms with Crippen LogP contribution in [0.5, 0.6) is 5.75 Å². The highest BCUT2D eigenvalue weighted by molar-refractivity contribution is 9.10. The van der Waals surface area contributed by atoms with Gasteiger partial charge in [0.25, 0.3) is 5.91 Å². The van der Waals surface area contributed by atoms with Crippen LogP contribution in [0.2, 0.25) is 10.0 Å². The van der Waals surface area contributed by atoms with E-state index in [0.717, 1.165) is 5.56 Å². The molecule has 0 aliphatic carbocycles. The van der Waals surface area contributed by atoms with Gasteiger partial charge in [-0.3, -0.25) is 9.48 Å². The molecule has 0 aliphatic rings. The van der Waals surface area contributed by atoms with Crippen molar-refractivity contribution < 1.29 is 14.1 Å². The van der Waals surface area contributed by atoms with Gasteiger partial charge in [0.15, 0.2) is 11.5 Å². The highest BCUT2D eigenvalue weighted by Gasteiger charge is 2.22. The van der Waals surface area contributed by atoms with E-state index in [-0.39, 0.29) is 12.3 Å². The van der Waals surface area contributed by atoms with Gasteiger partial charge >= 0.3 is 0 Å². The van der Waals surface area contributed by atoms with Gasteiger partial charge in [-0.25, -0.2) is 0 Å². The molecule has 2 aromatic heterocycles. The molecule has 0 unspecified atom stereocenters. The van der Waals surface area contributed by atoms with Crippen molar-refractivity contribution in [1.82, 2.24) is 14.9 Å². The van der Waals surface area contributed by atoms with Crippen molar-refractivity contribution >= 4 is 50.9 Å². The van der Waals surface area contributed by atoms with E-state index in [2.05, 4.69) is 31.5 Å². The fourth-order valence-corrected chi connectivity index (χ4v) is 3.69. The van der Waals surface area contributed by atoms with Crippen molar-refractivity contribution in [3.63, 3.8) is 0 Å². The van der Waals surface area contributed by atoms with E-state index in [9.17, 15) is 4.79 Å². The summed E-state index contributed by atoms with van der Waals surface area (Å²) in [6, 6.07) is 14.4. The lowest BCUT2D eigenvalue weighted by atomic mass is 10.2. The summed E-state index contributed by atoms with van der Waals surface area (Å²) < 4.78 is 13.3. The molecular formula is C22H17BrCl2N4O3. The second kappa shape index (κ2) is 9.77. The third-order valence-corrected chi connectivity index (χ3v) is 5.84. The zero-order valence-electron chi connectivity index (χ0n) is 16.8. The fourth-order valence-electron chi connectivity index (χ4n) is 2.96. The van der Waals surface area contributed by atoms with Crippen LogP contribution in [0, 0.1) is 6.92 Å². The smallest absolute Gasteiger partial charge is 0.279 e. The molecule has 7 nitrogen and oxygen atoms in total. The van der Waals surface area contributed by atoms with E-state index in [1.807, 2.05) is 24.3 Å². The van der Waals surface area contributed by atoms with Crippen LogP contribution in [0.15, 0.2) is 63.7 Å². The number of carbonyl (C=O) groups is 1. The Hall–Kier alpha value is -2.81. The van der Waals surface area contributed by atoms with Gasteiger partial charge in [-0.2, -0.15) is 5.10 Å². The maximum atomic E-state index is 12.9. The summed E-state index contributed by atoms with van der Waals surface area (Å²) in [5, 5.41) is 12.3. The fraction of sp³-hybridized carbons (Fsp3) is 0.136. The summed E-state index contributed by atoms with van der Waals surface area (Å²) in [6.45, 7) is 2.29. The first-order chi connectivity index (χ1) is 15.4. The quantitative estimate of drug-likeness (QED) is 0.308. The molecule has 0 fully saturated rings. The lowest BCUT2D eigenvalue weighted by Gasteiger charge is -2.07. The molecule has 2 heterocycles. The minimum Gasteiger partial charge on any atom is -0.489 e. The first-order valence-electron chi connectivity index (χ1n) is 9.52. The van der Waals surface area contributed by atoms with Gasteiger partial charge in [-0.05, 0) is 58.7 Å². The summed E-state index contributed by atoms with van der Waals surface area (Å²) in [5.41, 5.74) is 1.59. The Morgan fingerprint density at radius 2 is 1.94 bits per heavy atom. The maximum absolute atomic E-state index is 12.9. The van der Waals surface area contributed by atoms with Crippen LogP contribution in [0.3, 0.4) is 0 Å². The number of halogens is 3. The summed E-state index contributed by atoms with van der Waals surface area (Å²) in [4.78, 5) is 12.9. The molecule has 4 rings (SSSR count). The molecule has 0 radical (unpaired) electrons. The van der Waals surface area contributed by atoms with E-state index < -0.39 is 5.91 Å². The highest BCUT2D eigenvalue weighted by Crippen LogP contribution is 2.25. The molecule has 164 valence electrons. The maximum Gasteiger partial charge on any atom is 0.279 e. The second-order valence-corrected chi connectivity index (χ2v) is 8.58. The Morgan fingerprint density at radius 3 is 2.69 bits per heavy atom. The van der Waals surface area contributed by atoms with Crippen molar-refractivity contribution in [2.24, 2.45) is 0 Å². The van der Waals surface area contributed by atoms with Gasteiger partial charge in [-0.15, -0.1) is 0 Å². The van der Waals surface area contributed by atoms with Crippen LogP contribution < -0.4 is 10.1 Å². The Labute approximate surface area is 202 Å². The first kappa shape index (κ1) is 22.4. The molecule has 0 spiro atoms. The van der Waals surface area contributed by atoms with Gasteiger partial charge in [0, 0.05) is 16.2 Å². The van der Waals surface area contributed by atoms with E-state index in [1.54, 1.807) is 42.1 Å². The van der Waals surface area contributed by atoms with Crippen LogP contribution in [-0.2, 0) is 13.2 Å². The topological polar surface area (TPSA) is 82.2 Å². The minimum absolute atomic E-state index is 0.113. The molecule has 0 atom stereocenters. The zero-order valence-corrected chi connectivity index (χ0v) is 19.9. The number of rotatable bonds is 7. The van der Waals surface area contributed by atoms with Gasteiger partial charge in [0.2, 0.25) is 0 Å². The van der Waals surface area contributed by atoms with Crippen molar-refractivity contribution in [2.75, 3.05) is 5.32 Å². The van der Waals surface area contributed by atoms with Crippen LogP contribution in [0.4, 0.5) is 5.82 Å². The molecular weight excluding hydrogens is 519 g/mol. The largest absolute Gasteiger partial charge is 0.489 e. The number of ether oxygens (including phenoxy) is 1. The molecule has 0 saturated carbocycles. The van der Waals surface area contributed by atoms with Gasteiger partial charge in [-0.1, -0.05) is 46.6 Å². The van der Waals surface area contributed by atoms with E-state index in [4.69, 9.17) is 32.5 Å². The number of hydrogen-bond acceptors (Lipinski definition) is 5. The standard InChI is InChI=1S/C22H17BrCl2N4O3/c1-13-17(12-31-16-8-6-15(24)7-9-16)20(28-32-13)22(30)26-21-18(23)11-29(27-21)10-14-4-2-3-5-19(14)25/h2-9,11H,10,12H2,1H3,(H,26,27,30). The molecule has 0 saturated heterocycles. The molecule has 32 heavy (non-hydrogen) atoms. The molecule has 0 aliphatic heterocycles. The van der Waals surface area contributed by atoms with Crippen LogP contribution in [0.25, 0.3) is 0 Å². The average molecular weight is 536 g/mol. The molecule has 4 aromatic rings. The number of nitrogens with zero attached hydrogens (tertiary/aromatic N) is 3. The number of aromatic nitrogens is 3. The Morgan fingerprint density at radius 1 is 1.19 bits per heavy atom. The van der Waals surface area contributed by atoms with Crippen molar-refractivity contribution in [1.29, 1.82) is 0 Å². The number of benzene rings is 2. The number of hydrogen-bond donors (Lipinski definition) is 1. The SMILES string of the molecule is Cc1onc(C(=O)Nc2nn(Cc3ccccc3Cl)cc2Br)c1COc1ccc(Cl)cc1. The monoisotopic (exact) mass is 534 g/mol. The zero-order chi connectivity index (χ0) is 22.7. The van der Waals surface area contributed by atoms with Gasteiger partial charge in [0.05, 0.1) is 16.6 Å². The van der Waals surface area contributed by atoms with Crippen molar-refractivity contribution in [2.45, 2.75) is 20.1 Å². The van der Waals surface area contributed by atoms with E-state index in [0.29, 0.717) is 44.0 Å². The number of amides is 1. The Bertz CT molecular complexity index is 1250. The highest BCUT2D eigenvalue weighted by atomic mass is 79.9. The summed E-state index contributed by atoms with van der Waals surface area (Å²) in [7, 11) is 0.